The number of piperazine rings is 1. The molecule has 8 nitrogen and oxygen atoms in total. The number of nitrogens with zero attached hydrogens (tertiary/aromatic N) is 7. The molecule has 5 heterocycles. The average Bonchev–Trinajstić information content (AvgIpc) is 3.56. The molecule has 1 aliphatic heterocycles. The number of pyridine rings is 1. The Bertz CT molecular complexity index is 1580. The van der Waals surface area contributed by atoms with Gasteiger partial charge in [-0.15, -0.1) is 21.5 Å². The SMILES string of the molecule is CN1CCN(C=O)CC1c1sccc1-c1ccc2nnc(C(F)(F)c3ccc4ncccc4c3)n2n1. The van der Waals surface area contributed by atoms with Gasteiger partial charge in [0, 0.05) is 47.2 Å². The number of benzene rings is 1. The van der Waals surface area contributed by atoms with Crippen LogP contribution in [0.25, 0.3) is 27.8 Å². The fraction of sp³-hybridized carbons (Fsp3) is 0.240. The quantitative estimate of drug-likeness (QED) is 0.336. The highest BCUT2D eigenvalue weighted by Crippen LogP contribution is 2.38. The van der Waals surface area contributed by atoms with Crippen molar-refractivity contribution in [1.29, 1.82) is 0 Å². The van der Waals surface area contributed by atoms with Crippen LogP contribution >= 0.6 is 11.3 Å². The summed E-state index contributed by atoms with van der Waals surface area (Å²) in [5.41, 5.74) is 2.03. The monoisotopic (exact) mass is 505 g/mol. The summed E-state index contributed by atoms with van der Waals surface area (Å²) in [5, 5.41) is 14.9. The van der Waals surface area contributed by atoms with Gasteiger partial charge in [0.25, 0.3) is 0 Å². The normalized spacial score (nSPS) is 17.2. The van der Waals surface area contributed by atoms with Gasteiger partial charge in [0.05, 0.1) is 17.3 Å². The number of thiophene rings is 1. The van der Waals surface area contributed by atoms with Crippen LogP contribution in [0.4, 0.5) is 8.78 Å². The summed E-state index contributed by atoms with van der Waals surface area (Å²) in [6.45, 7) is 1.98. The summed E-state index contributed by atoms with van der Waals surface area (Å²) >= 11 is 1.56. The van der Waals surface area contributed by atoms with E-state index in [0.29, 0.717) is 29.7 Å². The average molecular weight is 506 g/mol. The van der Waals surface area contributed by atoms with Crippen molar-refractivity contribution in [3.8, 4) is 11.3 Å². The zero-order valence-corrected chi connectivity index (χ0v) is 20.1. The second kappa shape index (κ2) is 8.68. The standard InChI is InChI=1S/C25H21F2N7OS/c1-32-10-11-33(15-35)14-21(32)23-18(8-12-36-23)20-6-7-22-29-30-24(34(22)31-20)25(26,27)17-4-5-19-16(13-17)3-2-9-28-19/h2-9,12-13,15,21H,10-11,14H2,1H3. The predicted molar refractivity (Wildman–Crippen MR) is 132 cm³/mol. The smallest absolute Gasteiger partial charge is 0.333 e. The van der Waals surface area contributed by atoms with E-state index in [1.54, 1.807) is 52.8 Å². The van der Waals surface area contributed by atoms with Gasteiger partial charge in [-0.25, -0.2) is 0 Å². The zero-order chi connectivity index (χ0) is 24.9. The van der Waals surface area contributed by atoms with Gasteiger partial charge in [0.15, 0.2) is 5.65 Å². The molecule has 0 saturated carbocycles. The van der Waals surface area contributed by atoms with Crippen LogP contribution in [0.2, 0.25) is 0 Å². The van der Waals surface area contributed by atoms with Crippen LogP contribution in [0, 0.1) is 0 Å². The second-order valence-electron chi connectivity index (χ2n) is 8.79. The number of carbonyl (C=O) groups is 1. The molecule has 0 bridgehead atoms. The number of alkyl halides is 2. The summed E-state index contributed by atoms with van der Waals surface area (Å²) in [5.74, 6) is -3.98. The van der Waals surface area contributed by atoms with Crippen molar-refractivity contribution < 1.29 is 13.6 Å². The van der Waals surface area contributed by atoms with Gasteiger partial charge < -0.3 is 4.90 Å². The first-order chi connectivity index (χ1) is 17.5. The third-order valence-electron chi connectivity index (χ3n) is 6.61. The van der Waals surface area contributed by atoms with E-state index < -0.39 is 11.7 Å². The molecule has 182 valence electrons. The summed E-state index contributed by atoms with van der Waals surface area (Å²) in [4.78, 5) is 20.6. The van der Waals surface area contributed by atoms with Crippen LogP contribution in [0.1, 0.15) is 22.3 Å². The molecule has 1 aromatic carbocycles. The number of halogens is 2. The van der Waals surface area contributed by atoms with Crippen LogP contribution in [-0.4, -0.2) is 67.7 Å². The zero-order valence-electron chi connectivity index (χ0n) is 19.3. The molecule has 0 aliphatic carbocycles. The number of rotatable bonds is 5. The molecule has 0 radical (unpaired) electrons. The molecular weight excluding hydrogens is 484 g/mol. The van der Waals surface area contributed by atoms with E-state index in [4.69, 9.17) is 0 Å². The first kappa shape index (κ1) is 22.6. The highest BCUT2D eigenvalue weighted by atomic mass is 32.1. The lowest BCUT2D eigenvalue weighted by molar-refractivity contribution is -0.120. The number of aromatic nitrogens is 5. The Labute approximate surface area is 208 Å². The first-order valence-electron chi connectivity index (χ1n) is 11.4. The maximum Gasteiger partial charge on any atom is 0.333 e. The minimum Gasteiger partial charge on any atom is -0.342 e. The van der Waals surface area contributed by atoms with E-state index in [-0.39, 0.29) is 17.3 Å². The minimum absolute atomic E-state index is 0.00974. The first-order valence-corrected chi connectivity index (χ1v) is 12.3. The predicted octanol–water partition coefficient (Wildman–Crippen LogP) is 3.99. The Morgan fingerprint density at radius 1 is 1.11 bits per heavy atom. The Morgan fingerprint density at radius 2 is 2.00 bits per heavy atom. The number of hydrogen-bond acceptors (Lipinski definition) is 7. The molecule has 36 heavy (non-hydrogen) atoms. The van der Waals surface area contributed by atoms with E-state index in [0.717, 1.165) is 27.9 Å². The number of likely N-dealkylation sites (N-methyl/N-ethyl adjacent to an activating group) is 1. The fourth-order valence-corrected chi connectivity index (χ4v) is 5.65. The van der Waals surface area contributed by atoms with Gasteiger partial charge in [0.2, 0.25) is 12.2 Å². The number of amides is 1. The van der Waals surface area contributed by atoms with Crippen molar-refractivity contribution in [2.45, 2.75) is 12.0 Å². The van der Waals surface area contributed by atoms with Crippen molar-refractivity contribution in [2.75, 3.05) is 26.7 Å². The molecule has 1 fully saturated rings. The van der Waals surface area contributed by atoms with Gasteiger partial charge in [-0.05, 0) is 48.8 Å². The van der Waals surface area contributed by atoms with Gasteiger partial charge in [-0.2, -0.15) is 18.4 Å². The molecule has 1 aliphatic rings. The van der Waals surface area contributed by atoms with E-state index in [9.17, 15) is 4.79 Å². The molecule has 6 rings (SSSR count). The maximum atomic E-state index is 15.7. The largest absolute Gasteiger partial charge is 0.342 e. The lowest BCUT2D eigenvalue weighted by Crippen LogP contribution is -2.45. The Balaban J connectivity index is 1.42. The van der Waals surface area contributed by atoms with Crippen LogP contribution in [-0.2, 0) is 10.7 Å². The molecule has 1 atom stereocenters. The third-order valence-corrected chi connectivity index (χ3v) is 7.63. The lowest BCUT2D eigenvalue weighted by Gasteiger charge is -2.37. The van der Waals surface area contributed by atoms with Crippen molar-refractivity contribution >= 4 is 34.3 Å². The molecule has 1 amide bonds. The summed E-state index contributed by atoms with van der Waals surface area (Å²) in [6, 6.07) is 13.1. The summed E-state index contributed by atoms with van der Waals surface area (Å²) in [6.07, 6.45) is 2.49. The van der Waals surface area contributed by atoms with Crippen molar-refractivity contribution in [1.82, 2.24) is 34.6 Å². The summed E-state index contributed by atoms with van der Waals surface area (Å²) in [7, 11) is 2.02. The Kier molecular flexibility index (Phi) is 5.45. The molecule has 11 heteroatoms. The highest BCUT2D eigenvalue weighted by molar-refractivity contribution is 7.10. The second-order valence-corrected chi connectivity index (χ2v) is 9.74. The Morgan fingerprint density at radius 3 is 2.86 bits per heavy atom. The molecular formula is C25H21F2N7OS. The van der Waals surface area contributed by atoms with E-state index in [1.807, 2.05) is 18.5 Å². The number of hydrogen-bond donors (Lipinski definition) is 0. The molecule has 0 N–H and O–H groups in total. The third kappa shape index (κ3) is 3.71. The van der Waals surface area contributed by atoms with Crippen molar-refractivity contribution in [2.24, 2.45) is 0 Å². The van der Waals surface area contributed by atoms with E-state index >= 15 is 8.78 Å². The fourth-order valence-electron chi connectivity index (χ4n) is 4.59. The molecule has 1 unspecified atom stereocenters. The van der Waals surface area contributed by atoms with Crippen LogP contribution in [0.3, 0.4) is 0 Å². The molecule has 1 saturated heterocycles. The van der Waals surface area contributed by atoms with Crippen LogP contribution in [0.5, 0.6) is 0 Å². The van der Waals surface area contributed by atoms with Crippen molar-refractivity contribution in [3.05, 3.63) is 76.4 Å². The maximum absolute atomic E-state index is 15.7. The van der Waals surface area contributed by atoms with Gasteiger partial charge in [-0.3, -0.25) is 14.7 Å². The number of carbonyl (C=O) groups excluding carboxylic acids is 1. The van der Waals surface area contributed by atoms with Crippen molar-refractivity contribution in [3.63, 3.8) is 0 Å². The van der Waals surface area contributed by atoms with E-state index in [1.165, 1.54) is 12.1 Å². The molecule has 5 aromatic rings. The van der Waals surface area contributed by atoms with Gasteiger partial charge in [-0.1, -0.05) is 12.1 Å². The highest BCUT2D eigenvalue weighted by Gasteiger charge is 2.40. The van der Waals surface area contributed by atoms with Gasteiger partial charge >= 0.3 is 5.92 Å². The molecule has 4 aromatic heterocycles. The number of fused-ring (bicyclic) bond motifs is 2. The Hall–Kier alpha value is -3.83. The molecule has 0 spiro atoms. The van der Waals surface area contributed by atoms with Crippen LogP contribution < -0.4 is 0 Å². The topological polar surface area (TPSA) is 79.5 Å². The summed E-state index contributed by atoms with van der Waals surface area (Å²) < 4.78 is 32.6. The van der Waals surface area contributed by atoms with Crippen LogP contribution in [0.15, 0.2) is 60.1 Å². The van der Waals surface area contributed by atoms with Gasteiger partial charge in [0.1, 0.15) is 0 Å². The minimum atomic E-state index is -3.43. The van der Waals surface area contributed by atoms with E-state index in [2.05, 4.69) is 25.2 Å². The lowest BCUT2D eigenvalue weighted by atomic mass is 10.0.